The van der Waals surface area contributed by atoms with Crippen LogP contribution in [-0.4, -0.2) is 27.5 Å². The van der Waals surface area contributed by atoms with Crippen molar-refractivity contribution in [3.05, 3.63) is 96.1 Å². The van der Waals surface area contributed by atoms with Crippen LogP contribution in [0.1, 0.15) is 18.1 Å². The lowest BCUT2D eigenvalue weighted by Gasteiger charge is -2.25. The molecule has 1 unspecified atom stereocenters. The van der Waals surface area contributed by atoms with Crippen LogP contribution < -0.4 is 9.47 Å². The number of aliphatic hydroxyl groups is 1. The van der Waals surface area contributed by atoms with Crippen LogP contribution in [0.15, 0.2) is 84.9 Å². The maximum atomic E-state index is 10.9. The molecule has 0 fully saturated rings. The van der Waals surface area contributed by atoms with Crippen molar-refractivity contribution in [3.63, 3.8) is 0 Å². The van der Waals surface area contributed by atoms with E-state index in [1.165, 1.54) is 0 Å². The maximum Gasteiger partial charge on any atom is 0.128 e. The second-order valence-corrected chi connectivity index (χ2v) is 8.16. The van der Waals surface area contributed by atoms with Crippen LogP contribution in [-0.2, 0) is 13.0 Å². The summed E-state index contributed by atoms with van der Waals surface area (Å²) in [5, 5.41) is 32.8. The molecule has 3 N–H and O–H groups in total. The molecule has 0 aromatic heterocycles. The number of phenolic OH excluding ortho intramolecular Hbond substituents is 2. The van der Waals surface area contributed by atoms with E-state index in [2.05, 4.69) is 0 Å². The van der Waals surface area contributed by atoms with Gasteiger partial charge in [0.05, 0.1) is 5.60 Å². The molecule has 1 atom stereocenters. The van der Waals surface area contributed by atoms with Crippen molar-refractivity contribution in [2.24, 2.45) is 0 Å². The summed E-state index contributed by atoms with van der Waals surface area (Å²) < 4.78 is 11.8. The minimum Gasteiger partial charge on any atom is -0.508 e. The second kappa shape index (κ2) is 9.20. The molecule has 0 radical (unpaired) electrons. The normalized spacial score (nSPS) is 12.9. The lowest BCUT2D eigenvalue weighted by atomic mass is 9.94. The van der Waals surface area contributed by atoms with Gasteiger partial charge in [0.25, 0.3) is 0 Å². The van der Waals surface area contributed by atoms with Gasteiger partial charge in [0.1, 0.15) is 36.2 Å². The number of para-hydroxylation sites is 1. The van der Waals surface area contributed by atoms with Crippen LogP contribution in [0.2, 0.25) is 0 Å². The summed E-state index contributed by atoms with van der Waals surface area (Å²) >= 11 is 0. The van der Waals surface area contributed by atoms with Crippen molar-refractivity contribution in [2.75, 3.05) is 6.61 Å². The maximum absolute atomic E-state index is 10.9. The predicted molar refractivity (Wildman–Crippen MR) is 124 cm³/mol. The van der Waals surface area contributed by atoms with E-state index in [9.17, 15) is 15.3 Å². The van der Waals surface area contributed by atoms with Crippen LogP contribution in [0.4, 0.5) is 0 Å². The van der Waals surface area contributed by atoms with Crippen LogP contribution in [0, 0.1) is 0 Å². The molecule has 0 spiro atoms. The van der Waals surface area contributed by atoms with Crippen LogP contribution in [0.3, 0.4) is 0 Å². The van der Waals surface area contributed by atoms with Crippen molar-refractivity contribution < 1.29 is 24.8 Å². The van der Waals surface area contributed by atoms with Crippen molar-refractivity contribution in [1.29, 1.82) is 0 Å². The fourth-order valence-corrected chi connectivity index (χ4v) is 3.61. The van der Waals surface area contributed by atoms with Gasteiger partial charge in [0, 0.05) is 22.8 Å². The summed E-state index contributed by atoms with van der Waals surface area (Å²) in [7, 11) is 0. The van der Waals surface area contributed by atoms with Gasteiger partial charge in [-0.3, -0.25) is 0 Å². The van der Waals surface area contributed by atoms with E-state index in [1.54, 1.807) is 37.3 Å². The van der Waals surface area contributed by atoms with Crippen LogP contribution in [0.25, 0.3) is 10.8 Å². The Kier molecular flexibility index (Phi) is 6.19. The Balaban J connectivity index is 1.58. The number of phenols is 2. The Morgan fingerprint density at radius 1 is 0.781 bits per heavy atom. The molecule has 0 aliphatic carbocycles. The molecule has 4 rings (SSSR count). The van der Waals surface area contributed by atoms with E-state index in [0.717, 1.165) is 10.9 Å². The smallest absolute Gasteiger partial charge is 0.128 e. The van der Waals surface area contributed by atoms with Gasteiger partial charge in [0.2, 0.25) is 0 Å². The largest absolute Gasteiger partial charge is 0.508 e. The molecule has 0 aliphatic rings. The van der Waals surface area contributed by atoms with E-state index in [-0.39, 0.29) is 24.5 Å². The minimum atomic E-state index is -1.20. The molecule has 4 aromatic carbocycles. The second-order valence-electron chi connectivity index (χ2n) is 8.16. The van der Waals surface area contributed by atoms with Gasteiger partial charge in [-0.05, 0) is 42.8 Å². The summed E-state index contributed by atoms with van der Waals surface area (Å²) in [6.45, 7) is 2.07. The lowest BCUT2D eigenvalue weighted by molar-refractivity contribution is 0.0116. The first-order chi connectivity index (χ1) is 15.4. The Hall–Kier alpha value is -3.70. The van der Waals surface area contributed by atoms with E-state index < -0.39 is 5.60 Å². The van der Waals surface area contributed by atoms with E-state index >= 15 is 0 Å². The molecule has 5 nitrogen and oxygen atoms in total. The number of fused-ring (bicyclic) bond motifs is 1. The lowest BCUT2D eigenvalue weighted by Crippen LogP contribution is -2.34. The SMILES string of the molecule is CC(O)(COc1ccccc1)Cc1cc(OCc2ccc(O)cc2)c2ccccc2c1O. The molecule has 5 heteroatoms. The summed E-state index contributed by atoms with van der Waals surface area (Å²) in [4.78, 5) is 0. The Labute approximate surface area is 187 Å². The van der Waals surface area contributed by atoms with Gasteiger partial charge >= 0.3 is 0 Å². The summed E-state index contributed by atoms with van der Waals surface area (Å²) in [5.41, 5.74) is 0.278. The number of aromatic hydroxyl groups is 2. The Bertz CT molecular complexity index is 1180. The summed E-state index contributed by atoms with van der Waals surface area (Å²) in [6.07, 6.45) is 0.187. The van der Waals surface area contributed by atoms with Gasteiger partial charge < -0.3 is 24.8 Å². The molecule has 0 saturated heterocycles. The minimum absolute atomic E-state index is 0.0764. The van der Waals surface area contributed by atoms with Gasteiger partial charge in [-0.25, -0.2) is 0 Å². The highest BCUT2D eigenvalue weighted by Gasteiger charge is 2.25. The molecule has 0 aliphatic heterocycles. The van der Waals surface area contributed by atoms with E-state index in [1.807, 2.05) is 54.6 Å². The Morgan fingerprint density at radius 2 is 1.44 bits per heavy atom. The van der Waals surface area contributed by atoms with Gasteiger partial charge in [-0.15, -0.1) is 0 Å². The molecule has 164 valence electrons. The monoisotopic (exact) mass is 430 g/mol. The highest BCUT2D eigenvalue weighted by molar-refractivity contribution is 5.94. The topological polar surface area (TPSA) is 79.2 Å². The number of hydrogen-bond acceptors (Lipinski definition) is 5. The predicted octanol–water partition coefficient (Wildman–Crippen LogP) is 5.20. The number of benzene rings is 4. The summed E-state index contributed by atoms with van der Waals surface area (Å²) in [6, 6.07) is 25.4. The van der Waals surface area contributed by atoms with E-state index in [0.29, 0.717) is 29.1 Å². The highest BCUT2D eigenvalue weighted by atomic mass is 16.5. The van der Waals surface area contributed by atoms with Gasteiger partial charge in [-0.2, -0.15) is 0 Å². The molecule has 0 bridgehead atoms. The fourth-order valence-electron chi connectivity index (χ4n) is 3.61. The molecular formula is C27H26O5. The van der Waals surface area contributed by atoms with E-state index in [4.69, 9.17) is 9.47 Å². The number of hydrogen-bond donors (Lipinski definition) is 3. The Morgan fingerprint density at radius 3 is 2.16 bits per heavy atom. The van der Waals surface area contributed by atoms with Crippen molar-refractivity contribution in [2.45, 2.75) is 25.6 Å². The first-order valence-electron chi connectivity index (χ1n) is 10.5. The zero-order chi connectivity index (χ0) is 22.6. The molecule has 32 heavy (non-hydrogen) atoms. The van der Waals surface area contributed by atoms with Gasteiger partial charge in [0.15, 0.2) is 0 Å². The number of ether oxygens (including phenoxy) is 2. The first kappa shape index (κ1) is 21.5. The molecule has 0 amide bonds. The fraction of sp³-hybridized carbons (Fsp3) is 0.185. The standard InChI is InChI=1S/C27H26O5/c1-27(30,18-32-22-7-3-2-4-8-22)16-20-15-25(23-9-5-6-10-24(23)26(20)29)31-17-19-11-13-21(28)14-12-19/h2-15,28-30H,16-18H2,1H3. The molecule has 0 saturated carbocycles. The molecular weight excluding hydrogens is 404 g/mol. The number of rotatable bonds is 8. The van der Waals surface area contributed by atoms with Crippen LogP contribution >= 0.6 is 0 Å². The van der Waals surface area contributed by atoms with Gasteiger partial charge in [-0.1, -0.05) is 54.6 Å². The molecule has 4 aromatic rings. The highest BCUT2D eigenvalue weighted by Crippen LogP contribution is 2.38. The quantitative estimate of drug-likeness (QED) is 0.358. The summed E-state index contributed by atoms with van der Waals surface area (Å²) in [5.74, 6) is 1.61. The third-order valence-corrected chi connectivity index (χ3v) is 5.25. The van der Waals surface area contributed by atoms with Crippen molar-refractivity contribution in [3.8, 4) is 23.0 Å². The van der Waals surface area contributed by atoms with Crippen molar-refractivity contribution >= 4 is 10.8 Å². The van der Waals surface area contributed by atoms with Crippen molar-refractivity contribution in [1.82, 2.24) is 0 Å². The molecule has 0 heterocycles. The van der Waals surface area contributed by atoms with Crippen LogP contribution in [0.5, 0.6) is 23.0 Å². The first-order valence-corrected chi connectivity index (χ1v) is 10.5. The third kappa shape index (κ3) is 5.13. The third-order valence-electron chi connectivity index (χ3n) is 5.25. The average Bonchev–Trinajstić information content (AvgIpc) is 2.80. The average molecular weight is 431 g/mol. The zero-order valence-corrected chi connectivity index (χ0v) is 17.9. The zero-order valence-electron chi connectivity index (χ0n) is 17.9.